The smallest absolute Gasteiger partial charge is 0.161 e. The molecule has 1 aliphatic heterocycles. The van der Waals surface area contributed by atoms with Crippen molar-refractivity contribution in [3.63, 3.8) is 0 Å². The summed E-state index contributed by atoms with van der Waals surface area (Å²) in [6, 6.07) is 8.67. The van der Waals surface area contributed by atoms with E-state index >= 15 is 0 Å². The average Bonchev–Trinajstić information content (AvgIpc) is 2.71. The SMILES string of the molecule is C=CCOc1cc(CN2CCC(Nc3cnc(N)c(C)c3)CC2)ccc1OC. The Bertz CT molecular complexity index is 801. The van der Waals surface area contributed by atoms with E-state index in [4.69, 9.17) is 15.2 Å². The van der Waals surface area contributed by atoms with Gasteiger partial charge < -0.3 is 20.5 Å². The van der Waals surface area contributed by atoms with E-state index < -0.39 is 0 Å². The van der Waals surface area contributed by atoms with E-state index in [1.54, 1.807) is 13.2 Å². The zero-order valence-corrected chi connectivity index (χ0v) is 16.8. The number of likely N-dealkylation sites (tertiary alicyclic amines) is 1. The van der Waals surface area contributed by atoms with Gasteiger partial charge >= 0.3 is 0 Å². The molecule has 0 atom stereocenters. The summed E-state index contributed by atoms with van der Waals surface area (Å²) in [5.41, 5.74) is 9.08. The maximum atomic E-state index is 5.80. The topological polar surface area (TPSA) is 72.6 Å². The Hall–Kier alpha value is -2.73. The maximum Gasteiger partial charge on any atom is 0.161 e. The van der Waals surface area contributed by atoms with Crippen LogP contribution in [-0.2, 0) is 6.54 Å². The number of nitrogen functional groups attached to an aromatic ring is 1. The van der Waals surface area contributed by atoms with Crippen LogP contribution in [-0.4, -0.2) is 42.7 Å². The molecule has 2 heterocycles. The molecule has 1 fully saturated rings. The third-order valence-electron chi connectivity index (χ3n) is 5.07. The molecule has 3 N–H and O–H groups in total. The van der Waals surface area contributed by atoms with Crippen molar-refractivity contribution in [2.45, 2.75) is 32.4 Å². The van der Waals surface area contributed by atoms with Gasteiger partial charge in [0, 0.05) is 25.7 Å². The fourth-order valence-electron chi connectivity index (χ4n) is 3.47. The lowest BCUT2D eigenvalue weighted by Crippen LogP contribution is -2.38. The minimum atomic E-state index is 0.462. The first-order valence-electron chi connectivity index (χ1n) is 9.70. The minimum Gasteiger partial charge on any atom is -0.493 e. The van der Waals surface area contributed by atoms with Gasteiger partial charge in [-0.3, -0.25) is 4.90 Å². The van der Waals surface area contributed by atoms with E-state index in [2.05, 4.69) is 40.0 Å². The maximum absolute atomic E-state index is 5.80. The molecule has 150 valence electrons. The lowest BCUT2D eigenvalue weighted by atomic mass is 10.0. The van der Waals surface area contributed by atoms with Crippen molar-refractivity contribution in [2.24, 2.45) is 0 Å². The Morgan fingerprint density at radius 1 is 1.29 bits per heavy atom. The molecule has 1 aliphatic rings. The number of hydrogen-bond donors (Lipinski definition) is 2. The lowest BCUT2D eigenvalue weighted by Gasteiger charge is -2.33. The van der Waals surface area contributed by atoms with Crippen LogP contribution in [0.5, 0.6) is 11.5 Å². The summed E-state index contributed by atoms with van der Waals surface area (Å²) in [6.45, 7) is 9.16. The zero-order valence-electron chi connectivity index (χ0n) is 16.8. The van der Waals surface area contributed by atoms with Crippen molar-refractivity contribution in [1.82, 2.24) is 9.88 Å². The number of aryl methyl sites for hydroxylation is 1. The highest BCUT2D eigenvalue weighted by Gasteiger charge is 2.20. The molecular weight excluding hydrogens is 352 g/mol. The van der Waals surface area contributed by atoms with Gasteiger partial charge in [0.25, 0.3) is 0 Å². The summed E-state index contributed by atoms with van der Waals surface area (Å²) in [5, 5.41) is 3.59. The summed E-state index contributed by atoms with van der Waals surface area (Å²) in [7, 11) is 1.66. The summed E-state index contributed by atoms with van der Waals surface area (Å²) in [6.07, 6.45) is 5.75. The number of piperidine rings is 1. The molecule has 0 amide bonds. The molecule has 6 heteroatoms. The number of pyridine rings is 1. The van der Waals surface area contributed by atoms with E-state index in [0.717, 1.165) is 55.2 Å². The van der Waals surface area contributed by atoms with Crippen molar-refractivity contribution in [3.05, 3.63) is 54.2 Å². The van der Waals surface area contributed by atoms with Crippen LogP contribution in [0.15, 0.2) is 43.1 Å². The van der Waals surface area contributed by atoms with Gasteiger partial charge in [-0.25, -0.2) is 4.98 Å². The van der Waals surface area contributed by atoms with Gasteiger partial charge in [-0.05, 0) is 49.1 Å². The molecule has 1 aromatic carbocycles. The van der Waals surface area contributed by atoms with Gasteiger partial charge in [-0.2, -0.15) is 0 Å². The monoisotopic (exact) mass is 382 g/mol. The zero-order chi connectivity index (χ0) is 19.9. The molecule has 0 radical (unpaired) electrons. The molecule has 0 spiro atoms. The van der Waals surface area contributed by atoms with Gasteiger partial charge in [0.15, 0.2) is 11.5 Å². The Labute approximate surface area is 167 Å². The standard InChI is InChI=1S/C22H30N4O2/c1-4-11-28-21-13-17(5-6-20(21)27-3)15-26-9-7-18(8-10-26)25-19-12-16(2)22(23)24-14-19/h4-6,12-14,18,25H,1,7-11,15H2,2-3H3,(H2,23,24). The number of rotatable bonds is 8. The summed E-state index contributed by atoms with van der Waals surface area (Å²) in [4.78, 5) is 6.71. The van der Waals surface area contributed by atoms with Crippen molar-refractivity contribution >= 4 is 11.5 Å². The normalized spacial score (nSPS) is 15.2. The molecule has 1 aromatic heterocycles. The van der Waals surface area contributed by atoms with Crippen LogP contribution in [0.1, 0.15) is 24.0 Å². The molecule has 0 aliphatic carbocycles. The Balaban J connectivity index is 1.53. The first-order chi connectivity index (χ1) is 13.6. The van der Waals surface area contributed by atoms with Crippen LogP contribution in [0, 0.1) is 6.92 Å². The third kappa shape index (κ3) is 5.16. The number of methoxy groups -OCH3 is 1. The minimum absolute atomic E-state index is 0.462. The number of benzene rings is 1. The van der Waals surface area contributed by atoms with Crippen LogP contribution in [0.4, 0.5) is 11.5 Å². The highest BCUT2D eigenvalue weighted by Crippen LogP contribution is 2.29. The molecule has 0 unspecified atom stereocenters. The molecule has 0 saturated carbocycles. The average molecular weight is 383 g/mol. The largest absolute Gasteiger partial charge is 0.493 e. The van der Waals surface area contributed by atoms with E-state index in [1.165, 1.54) is 5.56 Å². The highest BCUT2D eigenvalue weighted by molar-refractivity contribution is 5.51. The number of hydrogen-bond acceptors (Lipinski definition) is 6. The van der Waals surface area contributed by atoms with E-state index in [9.17, 15) is 0 Å². The van der Waals surface area contributed by atoms with Crippen molar-refractivity contribution in [1.29, 1.82) is 0 Å². The molecule has 6 nitrogen and oxygen atoms in total. The summed E-state index contributed by atoms with van der Waals surface area (Å²) < 4.78 is 11.1. The second-order valence-corrected chi connectivity index (χ2v) is 7.21. The van der Waals surface area contributed by atoms with Gasteiger partial charge in [0.2, 0.25) is 0 Å². The Morgan fingerprint density at radius 2 is 2.07 bits per heavy atom. The lowest BCUT2D eigenvalue weighted by molar-refractivity contribution is 0.211. The number of nitrogens with zero attached hydrogens (tertiary/aromatic N) is 2. The first-order valence-corrected chi connectivity index (χ1v) is 9.70. The van der Waals surface area contributed by atoms with Gasteiger partial charge in [0.1, 0.15) is 12.4 Å². The molecule has 0 bridgehead atoms. The molecule has 2 aromatic rings. The van der Waals surface area contributed by atoms with Crippen molar-refractivity contribution < 1.29 is 9.47 Å². The van der Waals surface area contributed by atoms with Crippen LogP contribution < -0.4 is 20.5 Å². The predicted octanol–water partition coefficient (Wildman–Crippen LogP) is 3.62. The van der Waals surface area contributed by atoms with Crippen molar-refractivity contribution in [3.8, 4) is 11.5 Å². The van der Waals surface area contributed by atoms with Crippen molar-refractivity contribution in [2.75, 3.05) is 37.9 Å². The van der Waals surface area contributed by atoms with Gasteiger partial charge in [-0.1, -0.05) is 18.7 Å². The summed E-state index contributed by atoms with van der Waals surface area (Å²) >= 11 is 0. The predicted molar refractivity (Wildman–Crippen MR) is 114 cm³/mol. The van der Waals surface area contributed by atoms with Crippen LogP contribution >= 0.6 is 0 Å². The highest BCUT2D eigenvalue weighted by atomic mass is 16.5. The number of nitrogens with one attached hydrogen (secondary N) is 1. The second kappa shape index (κ2) is 9.46. The fraction of sp³-hybridized carbons (Fsp3) is 0.409. The first kappa shape index (κ1) is 20.0. The Morgan fingerprint density at radius 3 is 2.75 bits per heavy atom. The second-order valence-electron chi connectivity index (χ2n) is 7.21. The molecule has 1 saturated heterocycles. The quantitative estimate of drug-likeness (QED) is 0.680. The molecule has 3 rings (SSSR count). The third-order valence-corrected chi connectivity index (χ3v) is 5.07. The number of aromatic nitrogens is 1. The van der Waals surface area contributed by atoms with E-state index in [0.29, 0.717) is 18.5 Å². The molecular formula is C22H30N4O2. The van der Waals surface area contributed by atoms with Crippen LogP contribution in [0.2, 0.25) is 0 Å². The number of anilines is 2. The Kier molecular flexibility index (Phi) is 6.76. The fourth-order valence-corrected chi connectivity index (χ4v) is 3.47. The van der Waals surface area contributed by atoms with Crippen LogP contribution in [0.25, 0.3) is 0 Å². The van der Waals surface area contributed by atoms with E-state index in [1.807, 2.05) is 19.2 Å². The summed E-state index contributed by atoms with van der Waals surface area (Å²) in [5.74, 6) is 2.11. The van der Waals surface area contributed by atoms with Crippen LogP contribution in [0.3, 0.4) is 0 Å². The number of ether oxygens (including phenoxy) is 2. The van der Waals surface area contributed by atoms with Gasteiger partial charge in [0.05, 0.1) is 19.0 Å². The van der Waals surface area contributed by atoms with Gasteiger partial charge in [-0.15, -0.1) is 0 Å². The number of nitrogens with two attached hydrogens (primary N) is 1. The van der Waals surface area contributed by atoms with E-state index in [-0.39, 0.29) is 0 Å². The molecule has 28 heavy (non-hydrogen) atoms.